The Morgan fingerprint density at radius 1 is 1.05 bits per heavy atom. The average molecular weight is 263 g/mol. The normalized spacial score (nSPS) is 34.3. The maximum absolute atomic E-state index is 10.7. The highest BCUT2D eigenvalue weighted by atomic mass is 16.8. The van der Waals surface area contributed by atoms with Crippen LogP contribution in [0.2, 0.25) is 0 Å². The standard InChI is InChI=1S/C15H21NO3/c17-14(9-5-2-6-10-14)15(18)11-13(16-19-15)12-7-3-1-4-8-12/h1,3-4,7-8,13,16-18H,2,5-6,9-11H2/t13-,15+/m0/s1. The molecule has 2 fully saturated rings. The van der Waals surface area contributed by atoms with Crippen LogP contribution in [0, 0.1) is 0 Å². The second-order valence-corrected chi connectivity index (χ2v) is 5.76. The first kappa shape index (κ1) is 13.1. The van der Waals surface area contributed by atoms with Crippen molar-refractivity contribution < 1.29 is 15.1 Å². The van der Waals surface area contributed by atoms with Crippen LogP contribution < -0.4 is 5.48 Å². The van der Waals surface area contributed by atoms with Crippen LogP contribution in [0.1, 0.15) is 50.1 Å². The number of rotatable bonds is 2. The predicted molar refractivity (Wildman–Crippen MR) is 71.0 cm³/mol. The van der Waals surface area contributed by atoms with Crippen molar-refractivity contribution in [1.82, 2.24) is 5.48 Å². The van der Waals surface area contributed by atoms with Gasteiger partial charge in [0.25, 0.3) is 0 Å². The second-order valence-electron chi connectivity index (χ2n) is 5.76. The number of aliphatic hydroxyl groups is 2. The Morgan fingerprint density at radius 2 is 1.74 bits per heavy atom. The third-order valence-corrected chi connectivity index (χ3v) is 4.46. The van der Waals surface area contributed by atoms with E-state index in [0.717, 1.165) is 24.8 Å². The first-order valence-corrected chi connectivity index (χ1v) is 7.06. The zero-order valence-corrected chi connectivity index (χ0v) is 11.0. The van der Waals surface area contributed by atoms with Crippen molar-refractivity contribution >= 4 is 0 Å². The summed E-state index contributed by atoms with van der Waals surface area (Å²) in [6.45, 7) is 0. The van der Waals surface area contributed by atoms with E-state index in [1.165, 1.54) is 0 Å². The Morgan fingerprint density at radius 3 is 2.42 bits per heavy atom. The van der Waals surface area contributed by atoms with Gasteiger partial charge in [0.15, 0.2) is 0 Å². The van der Waals surface area contributed by atoms with Gasteiger partial charge in [-0.15, -0.1) is 0 Å². The van der Waals surface area contributed by atoms with Crippen molar-refractivity contribution in [3.8, 4) is 0 Å². The lowest BCUT2D eigenvalue weighted by Gasteiger charge is -2.41. The fourth-order valence-electron chi connectivity index (χ4n) is 3.21. The third-order valence-electron chi connectivity index (χ3n) is 4.46. The molecule has 1 aromatic rings. The Bertz CT molecular complexity index is 430. The summed E-state index contributed by atoms with van der Waals surface area (Å²) in [7, 11) is 0. The van der Waals surface area contributed by atoms with Gasteiger partial charge in [0.1, 0.15) is 5.60 Å². The molecule has 1 aliphatic heterocycles. The Hall–Kier alpha value is -0.940. The Labute approximate surface area is 113 Å². The highest BCUT2D eigenvalue weighted by molar-refractivity contribution is 5.20. The Kier molecular flexibility index (Phi) is 3.35. The summed E-state index contributed by atoms with van der Waals surface area (Å²) >= 11 is 0. The first-order chi connectivity index (χ1) is 9.13. The van der Waals surface area contributed by atoms with Crippen LogP contribution in [-0.2, 0) is 4.84 Å². The van der Waals surface area contributed by atoms with Gasteiger partial charge < -0.3 is 10.2 Å². The molecule has 1 aromatic carbocycles. The molecule has 0 aromatic heterocycles. The van der Waals surface area contributed by atoms with E-state index >= 15 is 0 Å². The molecule has 1 aliphatic carbocycles. The van der Waals surface area contributed by atoms with Crippen molar-refractivity contribution in [1.29, 1.82) is 0 Å². The molecule has 4 heteroatoms. The molecule has 1 heterocycles. The zero-order chi connectivity index (χ0) is 13.3. The number of hydrogen-bond acceptors (Lipinski definition) is 4. The molecule has 19 heavy (non-hydrogen) atoms. The molecule has 3 rings (SSSR count). The fourth-order valence-corrected chi connectivity index (χ4v) is 3.21. The maximum Gasteiger partial charge on any atom is 0.215 e. The minimum Gasteiger partial charge on any atom is -0.384 e. The van der Waals surface area contributed by atoms with Gasteiger partial charge >= 0.3 is 0 Å². The van der Waals surface area contributed by atoms with Crippen LogP contribution in [0.15, 0.2) is 30.3 Å². The molecular formula is C15H21NO3. The molecule has 2 aliphatic rings. The van der Waals surface area contributed by atoms with Crippen LogP contribution in [0.25, 0.3) is 0 Å². The van der Waals surface area contributed by atoms with Crippen LogP contribution in [-0.4, -0.2) is 21.6 Å². The predicted octanol–water partition coefficient (Wildman–Crippen LogP) is 2.04. The summed E-state index contributed by atoms with van der Waals surface area (Å²) in [5, 5.41) is 21.4. The Balaban J connectivity index is 1.77. The molecule has 0 amide bonds. The first-order valence-electron chi connectivity index (χ1n) is 7.06. The summed E-state index contributed by atoms with van der Waals surface area (Å²) in [5.74, 6) is -1.48. The van der Waals surface area contributed by atoms with Crippen LogP contribution >= 0.6 is 0 Å². The van der Waals surface area contributed by atoms with Crippen molar-refractivity contribution in [2.75, 3.05) is 0 Å². The zero-order valence-electron chi connectivity index (χ0n) is 11.0. The SMILES string of the molecule is OC1([C@@]2(O)C[C@@H](c3ccccc3)NO2)CCCCC1. The summed E-state index contributed by atoms with van der Waals surface area (Å²) in [5.41, 5.74) is 2.82. The quantitative estimate of drug-likeness (QED) is 0.764. The van der Waals surface area contributed by atoms with Crippen LogP contribution in [0.3, 0.4) is 0 Å². The van der Waals surface area contributed by atoms with E-state index < -0.39 is 11.4 Å². The molecule has 3 N–H and O–H groups in total. The monoisotopic (exact) mass is 263 g/mol. The lowest BCUT2D eigenvalue weighted by atomic mass is 9.76. The van der Waals surface area contributed by atoms with E-state index in [9.17, 15) is 10.2 Å². The van der Waals surface area contributed by atoms with Gasteiger partial charge in [0.05, 0.1) is 6.04 Å². The summed E-state index contributed by atoms with van der Waals surface area (Å²) in [6.07, 6.45) is 4.59. The van der Waals surface area contributed by atoms with Crippen molar-refractivity contribution in [3.63, 3.8) is 0 Å². The van der Waals surface area contributed by atoms with Gasteiger partial charge in [0, 0.05) is 6.42 Å². The van der Waals surface area contributed by atoms with Gasteiger partial charge in [-0.25, -0.2) is 0 Å². The topological polar surface area (TPSA) is 61.7 Å². The number of benzene rings is 1. The van der Waals surface area contributed by atoms with Gasteiger partial charge in [-0.2, -0.15) is 5.48 Å². The van der Waals surface area contributed by atoms with Gasteiger partial charge in [-0.05, 0) is 18.4 Å². The summed E-state index contributed by atoms with van der Waals surface area (Å²) in [6, 6.07) is 9.81. The molecule has 0 bridgehead atoms. The lowest BCUT2D eigenvalue weighted by molar-refractivity contribution is -0.303. The van der Waals surface area contributed by atoms with Crippen LogP contribution in [0.5, 0.6) is 0 Å². The number of hydroxylamine groups is 1. The number of hydrogen-bond donors (Lipinski definition) is 3. The second kappa shape index (κ2) is 4.87. The van der Waals surface area contributed by atoms with E-state index in [2.05, 4.69) is 5.48 Å². The molecule has 0 unspecified atom stereocenters. The maximum atomic E-state index is 10.7. The van der Waals surface area contributed by atoms with Gasteiger partial charge in [-0.1, -0.05) is 49.6 Å². The molecule has 104 valence electrons. The van der Waals surface area contributed by atoms with E-state index in [4.69, 9.17) is 4.84 Å². The minimum atomic E-state index is -1.48. The van der Waals surface area contributed by atoms with Crippen molar-refractivity contribution in [3.05, 3.63) is 35.9 Å². The molecule has 1 saturated heterocycles. The minimum absolute atomic E-state index is 0.0721. The van der Waals surface area contributed by atoms with Gasteiger partial charge in [0.2, 0.25) is 5.79 Å². The van der Waals surface area contributed by atoms with E-state index in [1.54, 1.807) is 0 Å². The molecular weight excluding hydrogens is 242 g/mol. The van der Waals surface area contributed by atoms with E-state index in [0.29, 0.717) is 19.3 Å². The molecule has 2 atom stereocenters. The summed E-state index contributed by atoms with van der Waals surface area (Å²) < 4.78 is 0. The largest absolute Gasteiger partial charge is 0.384 e. The summed E-state index contributed by atoms with van der Waals surface area (Å²) in [4.78, 5) is 5.41. The van der Waals surface area contributed by atoms with E-state index in [1.807, 2.05) is 30.3 Å². The van der Waals surface area contributed by atoms with E-state index in [-0.39, 0.29) is 6.04 Å². The molecule has 0 radical (unpaired) electrons. The molecule has 0 spiro atoms. The van der Waals surface area contributed by atoms with Crippen molar-refractivity contribution in [2.24, 2.45) is 0 Å². The average Bonchev–Trinajstić information content (AvgIpc) is 2.85. The number of nitrogens with one attached hydrogen (secondary N) is 1. The van der Waals surface area contributed by atoms with Gasteiger partial charge in [-0.3, -0.25) is 4.84 Å². The van der Waals surface area contributed by atoms with Crippen LogP contribution in [0.4, 0.5) is 0 Å². The lowest BCUT2D eigenvalue weighted by Crippen LogP contribution is -2.55. The highest BCUT2D eigenvalue weighted by Gasteiger charge is 2.55. The molecule has 4 nitrogen and oxygen atoms in total. The fraction of sp³-hybridized carbons (Fsp3) is 0.600. The highest BCUT2D eigenvalue weighted by Crippen LogP contribution is 2.44. The smallest absolute Gasteiger partial charge is 0.215 e. The van der Waals surface area contributed by atoms with Crippen molar-refractivity contribution in [2.45, 2.75) is 56.0 Å². The molecule has 1 saturated carbocycles. The third kappa shape index (κ3) is 2.30.